The lowest BCUT2D eigenvalue weighted by Crippen LogP contribution is -2.32. The van der Waals surface area contributed by atoms with Gasteiger partial charge in [0.15, 0.2) is 0 Å². The summed E-state index contributed by atoms with van der Waals surface area (Å²) in [5, 5.41) is 9.18. The number of hydrogen-bond donors (Lipinski definition) is 1. The van der Waals surface area contributed by atoms with Crippen molar-refractivity contribution in [3.05, 3.63) is 35.4 Å². The van der Waals surface area contributed by atoms with Crippen LogP contribution in [0.3, 0.4) is 0 Å². The number of carbonyl (C=O) groups is 1. The molecule has 1 aliphatic rings. The molecular weight excluding hydrogens is 307 g/mol. The van der Waals surface area contributed by atoms with Gasteiger partial charge in [0.1, 0.15) is 0 Å². The first-order valence-electron chi connectivity index (χ1n) is 7.83. The zero-order valence-corrected chi connectivity index (χ0v) is 13.2. The minimum absolute atomic E-state index is 0.548. The SMILES string of the molecule is CC1(C(=O)O)CCN(CCCCc2cccc(C(F)(F)F)c2)C1. The minimum atomic E-state index is -4.30. The molecule has 1 aromatic rings. The van der Waals surface area contributed by atoms with Crippen molar-refractivity contribution in [3.8, 4) is 0 Å². The van der Waals surface area contributed by atoms with Crippen LogP contribution in [0.4, 0.5) is 13.2 Å². The number of benzene rings is 1. The number of unbranched alkanes of at least 4 members (excludes halogenated alkanes) is 1. The van der Waals surface area contributed by atoms with Gasteiger partial charge in [-0.1, -0.05) is 18.2 Å². The molecule has 2 rings (SSSR count). The number of rotatable bonds is 6. The number of hydrogen-bond acceptors (Lipinski definition) is 2. The molecule has 23 heavy (non-hydrogen) atoms. The summed E-state index contributed by atoms with van der Waals surface area (Å²) in [5.74, 6) is -0.760. The van der Waals surface area contributed by atoms with Gasteiger partial charge in [-0.3, -0.25) is 4.79 Å². The van der Waals surface area contributed by atoms with Crippen LogP contribution < -0.4 is 0 Å². The van der Waals surface area contributed by atoms with E-state index in [4.69, 9.17) is 0 Å². The molecule has 0 bridgehead atoms. The molecule has 0 spiro atoms. The molecule has 0 amide bonds. The minimum Gasteiger partial charge on any atom is -0.481 e. The predicted molar refractivity (Wildman–Crippen MR) is 81.2 cm³/mol. The largest absolute Gasteiger partial charge is 0.481 e. The molecule has 1 aromatic carbocycles. The van der Waals surface area contributed by atoms with E-state index in [1.165, 1.54) is 12.1 Å². The monoisotopic (exact) mass is 329 g/mol. The molecule has 0 saturated carbocycles. The highest BCUT2D eigenvalue weighted by Gasteiger charge is 2.39. The molecule has 1 N–H and O–H groups in total. The van der Waals surface area contributed by atoms with Crippen molar-refractivity contribution in [3.63, 3.8) is 0 Å². The first kappa shape index (κ1) is 17.8. The number of carboxylic acids is 1. The third-order valence-corrected chi connectivity index (χ3v) is 4.51. The van der Waals surface area contributed by atoms with Crippen LogP contribution >= 0.6 is 0 Å². The van der Waals surface area contributed by atoms with Gasteiger partial charge in [-0.15, -0.1) is 0 Å². The molecule has 0 aromatic heterocycles. The smallest absolute Gasteiger partial charge is 0.416 e. The van der Waals surface area contributed by atoms with Crippen LogP contribution in [0.25, 0.3) is 0 Å². The molecule has 0 radical (unpaired) electrons. The molecule has 1 unspecified atom stereocenters. The van der Waals surface area contributed by atoms with E-state index >= 15 is 0 Å². The second-order valence-electron chi connectivity index (χ2n) is 6.55. The zero-order valence-electron chi connectivity index (χ0n) is 13.2. The first-order chi connectivity index (χ1) is 10.7. The third-order valence-electron chi connectivity index (χ3n) is 4.51. The topological polar surface area (TPSA) is 40.5 Å². The number of carboxylic acid groups (broad SMARTS) is 1. The van der Waals surface area contributed by atoms with Crippen molar-refractivity contribution in [1.82, 2.24) is 4.90 Å². The first-order valence-corrected chi connectivity index (χ1v) is 7.83. The summed E-state index contributed by atoms with van der Waals surface area (Å²) in [5.41, 5.74) is -0.579. The van der Waals surface area contributed by atoms with Crippen molar-refractivity contribution in [1.29, 1.82) is 0 Å². The molecule has 1 fully saturated rings. The molecule has 0 aliphatic carbocycles. The number of aliphatic carboxylic acids is 1. The Morgan fingerprint density at radius 2 is 2.09 bits per heavy atom. The summed E-state index contributed by atoms with van der Waals surface area (Å²) in [6.45, 7) is 3.87. The predicted octanol–water partition coefficient (Wildman–Crippen LogP) is 3.82. The highest BCUT2D eigenvalue weighted by molar-refractivity contribution is 5.74. The summed E-state index contributed by atoms with van der Waals surface area (Å²) in [6, 6.07) is 5.45. The zero-order chi connectivity index (χ0) is 17.1. The van der Waals surface area contributed by atoms with Crippen molar-refractivity contribution in [2.75, 3.05) is 19.6 Å². The van der Waals surface area contributed by atoms with Crippen LogP contribution in [0.5, 0.6) is 0 Å². The fraction of sp³-hybridized carbons (Fsp3) is 0.588. The van der Waals surface area contributed by atoms with Gasteiger partial charge in [-0.05, 0) is 57.3 Å². The Morgan fingerprint density at radius 3 is 2.70 bits per heavy atom. The lowest BCUT2D eigenvalue weighted by molar-refractivity contribution is -0.147. The molecule has 1 aliphatic heterocycles. The molecule has 3 nitrogen and oxygen atoms in total. The fourth-order valence-corrected chi connectivity index (χ4v) is 2.99. The highest BCUT2D eigenvalue weighted by atomic mass is 19.4. The molecule has 1 saturated heterocycles. The van der Waals surface area contributed by atoms with Gasteiger partial charge in [0.25, 0.3) is 0 Å². The number of aryl methyl sites for hydroxylation is 1. The van der Waals surface area contributed by atoms with E-state index in [0.717, 1.165) is 32.0 Å². The van der Waals surface area contributed by atoms with Crippen molar-refractivity contribution in [2.24, 2.45) is 5.41 Å². The molecule has 6 heteroatoms. The Morgan fingerprint density at radius 1 is 1.35 bits per heavy atom. The van der Waals surface area contributed by atoms with Gasteiger partial charge in [0.05, 0.1) is 11.0 Å². The maximum absolute atomic E-state index is 12.6. The maximum atomic E-state index is 12.6. The Kier molecular flexibility index (Phi) is 5.34. The van der Waals surface area contributed by atoms with Gasteiger partial charge >= 0.3 is 12.1 Å². The molecule has 128 valence electrons. The number of nitrogens with zero attached hydrogens (tertiary/aromatic N) is 1. The van der Waals surface area contributed by atoms with E-state index in [9.17, 15) is 23.1 Å². The van der Waals surface area contributed by atoms with Crippen LogP contribution in [0.2, 0.25) is 0 Å². The second-order valence-corrected chi connectivity index (χ2v) is 6.55. The third kappa shape index (κ3) is 4.70. The Bertz CT molecular complexity index is 559. The van der Waals surface area contributed by atoms with Crippen molar-refractivity contribution >= 4 is 5.97 Å². The summed E-state index contributed by atoms with van der Waals surface area (Å²) in [4.78, 5) is 13.3. The van der Waals surface area contributed by atoms with E-state index in [1.807, 2.05) is 0 Å². The Balaban J connectivity index is 1.75. The molecule has 1 heterocycles. The van der Waals surface area contributed by atoms with Gasteiger partial charge in [0.2, 0.25) is 0 Å². The Hall–Kier alpha value is -1.56. The quantitative estimate of drug-likeness (QED) is 0.807. The van der Waals surface area contributed by atoms with Gasteiger partial charge < -0.3 is 10.0 Å². The van der Waals surface area contributed by atoms with Gasteiger partial charge in [-0.2, -0.15) is 13.2 Å². The number of likely N-dealkylation sites (tertiary alicyclic amines) is 1. The van der Waals surface area contributed by atoms with Crippen LogP contribution in [0, 0.1) is 5.41 Å². The second kappa shape index (κ2) is 6.91. The van der Waals surface area contributed by atoms with Crippen molar-refractivity contribution in [2.45, 2.75) is 38.8 Å². The molecular formula is C17H22F3NO2. The van der Waals surface area contributed by atoms with Crippen LogP contribution in [0.1, 0.15) is 37.3 Å². The number of halogens is 3. The average Bonchev–Trinajstić information content (AvgIpc) is 2.86. The van der Waals surface area contributed by atoms with Gasteiger partial charge in [-0.25, -0.2) is 0 Å². The highest BCUT2D eigenvalue weighted by Crippen LogP contribution is 2.31. The van der Waals surface area contributed by atoms with Crippen LogP contribution in [-0.4, -0.2) is 35.6 Å². The van der Waals surface area contributed by atoms with Crippen molar-refractivity contribution < 1.29 is 23.1 Å². The maximum Gasteiger partial charge on any atom is 0.416 e. The fourth-order valence-electron chi connectivity index (χ4n) is 2.99. The average molecular weight is 329 g/mol. The van der Waals surface area contributed by atoms with E-state index in [0.29, 0.717) is 24.9 Å². The van der Waals surface area contributed by atoms with E-state index in [2.05, 4.69) is 4.90 Å². The Labute approximate surface area is 134 Å². The van der Waals surface area contributed by atoms with Crippen LogP contribution in [0.15, 0.2) is 24.3 Å². The van der Waals surface area contributed by atoms with E-state index in [1.54, 1.807) is 13.0 Å². The lowest BCUT2D eigenvalue weighted by Gasteiger charge is -2.19. The summed E-state index contributed by atoms with van der Waals surface area (Å²) in [6.07, 6.45) is -1.40. The summed E-state index contributed by atoms with van der Waals surface area (Å²) >= 11 is 0. The standard InChI is InChI=1S/C17H22F3NO2/c1-16(15(22)23)8-10-21(12-16)9-3-2-5-13-6-4-7-14(11-13)17(18,19)20/h4,6-7,11H,2-3,5,8-10,12H2,1H3,(H,22,23). The van der Waals surface area contributed by atoms with E-state index in [-0.39, 0.29) is 0 Å². The van der Waals surface area contributed by atoms with Gasteiger partial charge in [0, 0.05) is 6.54 Å². The summed E-state index contributed by atoms with van der Waals surface area (Å²) in [7, 11) is 0. The molecule has 1 atom stereocenters. The summed E-state index contributed by atoms with van der Waals surface area (Å²) < 4.78 is 37.9. The lowest BCUT2D eigenvalue weighted by atomic mass is 9.90. The van der Waals surface area contributed by atoms with E-state index < -0.39 is 23.1 Å². The normalized spacial score (nSPS) is 22.4. The number of alkyl halides is 3. The van der Waals surface area contributed by atoms with Crippen LogP contribution in [-0.2, 0) is 17.4 Å².